The molecule has 0 aliphatic carbocycles. The van der Waals surface area contributed by atoms with E-state index in [1.165, 1.54) is 0 Å². The summed E-state index contributed by atoms with van der Waals surface area (Å²) in [5, 5.41) is 15.8. The Hall–Kier alpha value is -2.53. The van der Waals surface area contributed by atoms with Gasteiger partial charge in [0.2, 0.25) is 0 Å². The lowest BCUT2D eigenvalue weighted by atomic mass is 10.1. The van der Waals surface area contributed by atoms with Gasteiger partial charge in [0.1, 0.15) is 12.4 Å². The smallest absolute Gasteiger partial charge is 0.315 e. The first kappa shape index (κ1) is 16.3. The largest absolute Gasteiger partial charge is 0.491 e. The first-order valence-corrected chi connectivity index (χ1v) is 8.14. The molecule has 24 heavy (non-hydrogen) atoms. The summed E-state index contributed by atoms with van der Waals surface area (Å²) in [6.07, 6.45) is -0.112. The topological polar surface area (TPSA) is 70.6 Å². The van der Waals surface area contributed by atoms with Crippen molar-refractivity contribution in [1.29, 1.82) is 0 Å². The summed E-state index contributed by atoms with van der Waals surface area (Å²) in [6, 6.07) is 15.0. The van der Waals surface area contributed by atoms with Gasteiger partial charge in [-0.2, -0.15) is 0 Å². The van der Waals surface area contributed by atoms with Crippen LogP contribution in [0.25, 0.3) is 0 Å². The van der Waals surface area contributed by atoms with Crippen molar-refractivity contribution in [3.63, 3.8) is 0 Å². The summed E-state index contributed by atoms with van der Waals surface area (Å²) >= 11 is 0. The van der Waals surface area contributed by atoms with E-state index < -0.39 is 6.10 Å². The van der Waals surface area contributed by atoms with Gasteiger partial charge in [0.25, 0.3) is 0 Å². The molecule has 0 radical (unpaired) electrons. The SMILES string of the molecule is Cc1ccc2c(c1)C(NC(=O)NCCC(O)c1ccccc1)CO2. The zero-order valence-electron chi connectivity index (χ0n) is 13.7. The number of ether oxygens (including phenoxy) is 1. The van der Waals surface area contributed by atoms with E-state index in [0.29, 0.717) is 19.6 Å². The van der Waals surface area contributed by atoms with Crippen LogP contribution in [-0.4, -0.2) is 24.3 Å². The van der Waals surface area contributed by atoms with Crippen molar-refractivity contribution in [2.75, 3.05) is 13.2 Å². The second-order valence-electron chi connectivity index (χ2n) is 6.02. The van der Waals surface area contributed by atoms with Crippen molar-refractivity contribution < 1.29 is 14.6 Å². The van der Waals surface area contributed by atoms with Gasteiger partial charge in [0.15, 0.2) is 0 Å². The monoisotopic (exact) mass is 326 g/mol. The van der Waals surface area contributed by atoms with Crippen molar-refractivity contribution >= 4 is 6.03 Å². The molecule has 0 saturated carbocycles. The van der Waals surface area contributed by atoms with Crippen molar-refractivity contribution in [2.24, 2.45) is 0 Å². The van der Waals surface area contributed by atoms with Crippen molar-refractivity contribution in [1.82, 2.24) is 10.6 Å². The average molecular weight is 326 g/mol. The second kappa shape index (κ2) is 7.36. The zero-order chi connectivity index (χ0) is 16.9. The summed E-state index contributed by atoms with van der Waals surface area (Å²) in [7, 11) is 0. The molecule has 2 amide bonds. The van der Waals surface area contributed by atoms with Gasteiger partial charge in [-0.1, -0.05) is 48.0 Å². The van der Waals surface area contributed by atoms with Gasteiger partial charge < -0.3 is 20.5 Å². The van der Waals surface area contributed by atoms with Crippen LogP contribution in [0.2, 0.25) is 0 Å². The fraction of sp³-hybridized carbons (Fsp3) is 0.316. The van der Waals surface area contributed by atoms with E-state index in [1.54, 1.807) is 0 Å². The number of aliphatic hydroxyl groups excluding tert-OH is 1. The molecular weight excluding hydrogens is 304 g/mol. The molecule has 2 aromatic rings. The van der Waals surface area contributed by atoms with E-state index in [9.17, 15) is 9.90 Å². The minimum atomic E-state index is -0.579. The Morgan fingerprint density at radius 3 is 2.88 bits per heavy atom. The van der Waals surface area contributed by atoms with E-state index in [-0.39, 0.29) is 12.1 Å². The van der Waals surface area contributed by atoms with Crippen LogP contribution in [0.4, 0.5) is 4.79 Å². The minimum Gasteiger partial charge on any atom is -0.491 e. The average Bonchev–Trinajstić information content (AvgIpc) is 2.97. The molecule has 0 spiro atoms. The Morgan fingerprint density at radius 1 is 1.29 bits per heavy atom. The van der Waals surface area contributed by atoms with Gasteiger partial charge in [-0.05, 0) is 25.0 Å². The number of carbonyl (C=O) groups is 1. The van der Waals surface area contributed by atoms with Gasteiger partial charge >= 0.3 is 6.03 Å². The van der Waals surface area contributed by atoms with Crippen LogP contribution in [0.1, 0.15) is 35.3 Å². The molecule has 5 nitrogen and oxygen atoms in total. The molecule has 126 valence electrons. The third-order valence-electron chi connectivity index (χ3n) is 4.14. The maximum absolute atomic E-state index is 12.1. The minimum absolute atomic E-state index is 0.140. The number of amides is 2. The summed E-state index contributed by atoms with van der Waals surface area (Å²) in [5.41, 5.74) is 3.00. The maximum atomic E-state index is 12.1. The Kier molecular flexibility index (Phi) is 5.01. The van der Waals surface area contributed by atoms with Gasteiger partial charge in [0.05, 0.1) is 12.1 Å². The predicted octanol–water partition coefficient (Wildman–Crippen LogP) is 2.85. The molecule has 0 fully saturated rings. The van der Waals surface area contributed by atoms with E-state index in [4.69, 9.17) is 4.74 Å². The van der Waals surface area contributed by atoms with E-state index in [1.807, 2.05) is 55.5 Å². The highest BCUT2D eigenvalue weighted by Gasteiger charge is 2.25. The normalized spacial score (nSPS) is 16.8. The number of urea groups is 1. The molecule has 3 N–H and O–H groups in total. The Morgan fingerprint density at radius 2 is 2.08 bits per heavy atom. The number of nitrogens with one attached hydrogen (secondary N) is 2. The van der Waals surface area contributed by atoms with E-state index in [2.05, 4.69) is 10.6 Å². The van der Waals surface area contributed by atoms with Crippen LogP contribution in [0.3, 0.4) is 0 Å². The standard InChI is InChI=1S/C19H22N2O3/c1-13-7-8-18-15(11-13)16(12-24-18)21-19(23)20-10-9-17(22)14-5-3-2-4-6-14/h2-8,11,16-17,22H,9-10,12H2,1H3,(H2,20,21,23). The highest BCUT2D eigenvalue weighted by Crippen LogP contribution is 2.32. The van der Waals surface area contributed by atoms with Gasteiger partial charge in [-0.3, -0.25) is 0 Å². The quantitative estimate of drug-likeness (QED) is 0.791. The van der Waals surface area contributed by atoms with Crippen molar-refractivity contribution in [3.8, 4) is 5.75 Å². The van der Waals surface area contributed by atoms with Crippen LogP contribution >= 0.6 is 0 Å². The highest BCUT2D eigenvalue weighted by atomic mass is 16.5. The number of rotatable bonds is 5. The van der Waals surface area contributed by atoms with Gasteiger partial charge in [0, 0.05) is 12.1 Å². The summed E-state index contributed by atoms with van der Waals surface area (Å²) in [6.45, 7) is 2.86. The molecule has 2 aromatic carbocycles. The molecule has 2 unspecified atom stereocenters. The summed E-state index contributed by atoms with van der Waals surface area (Å²) in [4.78, 5) is 12.1. The first-order valence-electron chi connectivity index (χ1n) is 8.14. The Balaban J connectivity index is 1.47. The van der Waals surface area contributed by atoms with Crippen LogP contribution in [0, 0.1) is 6.92 Å². The third kappa shape index (κ3) is 3.86. The van der Waals surface area contributed by atoms with Crippen LogP contribution in [0.5, 0.6) is 5.75 Å². The molecule has 3 rings (SSSR count). The van der Waals surface area contributed by atoms with Gasteiger partial charge in [-0.15, -0.1) is 0 Å². The fourth-order valence-corrected chi connectivity index (χ4v) is 2.83. The lowest BCUT2D eigenvalue weighted by Crippen LogP contribution is -2.39. The Labute approximate surface area is 141 Å². The lowest BCUT2D eigenvalue weighted by molar-refractivity contribution is 0.166. The van der Waals surface area contributed by atoms with Crippen LogP contribution < -0.4 is 15.4 Å². The van der Waals surface area contributed by atoms with Crippen molar-refractivity contribution in [3.05, 3.63) is 65.2 Å². The number of hydrogen-bond donors (Lipinski definition) is 3. The number of carbonyl (C=O) groups excluding carboxylic acids is 1. The third-order valence-corrected chi connectivity index (χ3v) is 4.14. The molecule has 2 atom stereocenters. The number of benzene rings is 2. The van der Waals surface area contributed by atoms with E-state index >= 15 is 0 Å². The molecule has 1 aliphatic heterocycles. The maximum Gasteiger partial charge on any atom is 0.315 e. The van der Waals surface area contributed by atoms with Crippen LogP contribution in [-0.2, 0) is 0 Å². The highest BCUT2D eigenvalue weighted by molar-refractivity contribution is 5.74. The molecular formula is C19H22N2O3. The first-order chi connectivity index (χ1) is 11.6. The summed E-state index contributed by atoms with van der Waals surface area (Å²) in [5.74, 6) is 0.824. The Bertz CT molecular complexity index is 703. The fourth-order valence-electron chi connectivity index (χ4n) is 2.83. The van der Waals surface area contributed by atoms with Crippen molar-refractivity contribution in [2.45, 2.75) is 25.5 Å². The molecule has 5 heteroatoms. The van der Waals surface area contributed by atoms with Gasteiger partial charge in [-0.25, -0.2) is 4.79 Å². The molecule has 1 heterocycles. The number of hydrogen-bond acceptors (Lipinski definition) is 3. The second-order valence-corrected chi connectivity index (χ2v) is 6.02. The molecule has 0 aromatic heterocycles. The van der Waals surface area contributed by atoms with E-state index in [0.717, 1.165) is 22.4 Å². The zero-order valence-corrected chi connectivity index (χ0v) is 13.7. The number of fused-ring (bicyclic) bond motifs is 1. The number of aliphatic hydroxyl groups is 1. The van der Waals surface area contributed by atoms with Crippen LogP contribution in [0.15, 0.2) is 48.5 Å². The lowest BCUT2D eigenvalue weighted by Gasteiger charge is -2.15. The molecule has 1 aliphatic rings. The predicted molar refractivity (Wildman–Crippen MR) is 92.0 cm³/mol. The molecule has 0 saturated heterocycles. The summed E-state index contributed by atoms with van der Waals surface area (Å²) < 4.78 is 5.58. The molecule has 0 bridgehead atoms. The number of aryl methyl sites for hydroxylation is 1.